The quantitative estimate of drug-likeness (QED) is 0.866. The third kappa shape index (κ3) is 3.41. The first-order valence-electron chi connectivity index (χ1n) is 7.80. The molecule has 4 nitrogen and oxygen atoms in total. The van der Waals surface area contributed by atoms with Crippen LogP contribution in [-0.2, 0) is 5.41 Å². The second kappa shape index (κ2) is 6.27. The van der Waals surface area contributed by atoms with Gasteiger partial charge in [-0.05, 0) is 39.4 Å². The number of aromatic nitrogens is 2. The molecule has 114 valence electrons. The molecular formula is C16H30N4. The van der Waals surface area contributed by atoms with Gasteiger partial charge < -0.3 is 14.8 Å². The Morgan fingerprint density at radius 1 is 1.45 bits per heavy atom. The molecule has 0 aliphatic carbocycles. The van der Waals surface area contributed by atoms with Gasteiger partial charge in [-0.1, -0.05) is 20.8 Å². The van der Waals surface area contributed by atoms with Crippen molar-refractivity contribution >= 4 is 0 Å². The normalized spacial score (nSPS) is 24.8. The van der Waals surface area contributed by atoms with E-state index in [9.17, 15) is 0 Å². The first kappa shape index (κ1) is 15.5. The number of nitrogens with zero attached hydrogens (tertiary/aromatic N) is 3. The van der Waals surface area contributed by atoms with Crippen molar-refractivity contribution in [1.82, 2.24) is 19.8 Å². The Bertz CT molecular complexity index is 406. The van der Waals surface area contributed by atoms with Gasteiger partial charge in [0.25, 0.3) is 0 Å². The largest absolute Gasteiger partial charge is 0.330 e. The van der Waals surface area contributed by atoms with Crippen LogP contribution in [0.3, 0.4) is 0 Å². The van der Waals surface area contributed by atoms with Gasteiger partial charge in [0.2, 0.25) is 0 Å². The standard InChI is InChI=1S/C16H30N4/c1-13(2)8-14(10-19(4)5)20-12-18-9-15(20)16(3)6-7-17-11-16/h9,12-14,17H,6-8,10-11H2,1-5H3. The van der Waals surface area contributed by atoms with Crippen molar-refractivity contribution in [3.05, 3.63) is 18.2 Å². The van der Waals surface area contributed by atoms with E-state index < -0.39 is 0 Å². The van der Waals surface area contributed by atoms with Gasteiger partial charge in [0.05, 0.1) is 6.33 Å². The van der Waals surface area contributed by atoms with E-state index in [0.29, 0.717) is 12.0 Å². The summed E-state index contributed by atoms with van der Waals surface area (Å²) >= 11 is 0. The van der Waals surface area contributed by atoms with Gasteiger partial charge in [0.15, 0.2) is 0 Å². The highest BCUT2D eigenvalue weighted by atomic mass is 15.2. The molecule has 0 amide bonds. The van der Waals surface area contributed by atoms with E-state index in [0.717, 1.165) is 19.6 Å². The molecule has 1 saturated heterocycles. The second-order valence-corrected chi connectivity index (χ2v) is 7.22. The summed E-state index contributed by atoms with van der Waals surface area (Å²) < 4.78 is 2.44. The zero-order chi connectivity index (χ0) is 14.8. The molecule has 0 bridgehead atoms. The van der Waals surface area contributed by atoms with E-state index in [2.05, 4.69) is 60.8 Å². The maximum atomic E-state index is 4.46. The molecule has 20 heavy (non-hydrogen) atoms. The molecule has 1 N–H and O–H groups in total. The maximum Gasteiger partial charge on any atom is 0.0951 e. The van der Waals surface area contributed by atoms with Crippen molar-refractivity contribution in [1.29, 1.82) is 0 Å². The minimum absolute atomic E-state index is 0.234. The summed E-state index contributed by atoms with van der Waals surface area (Å²) in [6, 6.07) is 0.514. The lowest BCUT2D eigenvalue weighted by atomic mass is 9.85. The van der Waals surface area contributed by atoms with E-state index in [1.54, 1.807) is 0 Å². The van der Waals surface area contributed by atoms with E-state index in [1.807, 2.05) is 6.33 Å². The Kier molecular flexibility index (Phi) is 4.86. The average molecular weight is 278 g/mol. The summed E-state index contributed by atoms with van der Waals surface area (Å²) in [5.41, 5.74) is 1.63. The smallest absolute Gasteiger partial charge is 0.0951 e. The maximum absolute atomic E-state index is 4.46. The number of likely N-dealkylation sites (N-methyl/N-ethyl adjacent to an activating group) is 1. The monoisotopic (exact) mass is 278 g/mol. The molecule has 2 unspecified atom stereocenters. The number of hydrogen-bond donors (Lipinski definition) is 1. The molecule has 0 spiro atoms. The Hall–Kier alpha value is -0.870. The Morgan fingerprint density at radius 3 is 2.75 bits per heavy atom. The number of rotatable bonds is 6. The Balaban J connectivity index is 2.27. The lowest BCUT2D eigenvalue weighted by Gasteiger charge is -2.31. The molecule has 2 heterocycles. The van der Waals surface area contributed by atoms with Gasteiger partial charge >= 0.3 is 0 Å². The van der Waals surface area contributed by atoms with E-state index in [1.165, 1.54) is 18.5 Å². The fourth-order valence-electron chi connectivity index (χ4n) is 3.34. The van der Waals surface area contributed by atoms with Crippen LogP contribution in [0.25, 0.3) is 0 Å². The highest BCUT2D eigenvalue weighted by molar-refractivity contribution is 5.18. The van der Waals surface area contributed by atoms with Crippen LogP contribution in [0.5, 0.6) is 0 Å². The molecular weight excluding hydrogens is 248 g/mol. The zero-order valence-electron chi connectivity index (χ0n) is 13.7. The average Bonchev–Trinajstić information content (AvgIpc) is 2.95. The lowest BCUT2D eigenvalue weighted by Crippen LogP contribution is -2.32. The van der Waals surface area contributed by atoms with Crippen LogP contribution in [0.1, 0.15) is 45.3 Å². The topological polar surface area (TPSA) is 33.1 Å². The summed E-state index contributed by atoms with van der Waals surface area (Å²) in [7, 11) is 4.31. The summed E-state index contributed by atoms with van der Waals surface area (Å²) in [4.78, 5) is 6.75. The molecule has 1 aliphatic rings. The third-order valence-corrected chi connectivity index (χ3v) is 4.37. The van der Waals surface area contributed by atoms with E-state index in [-0.39, 0.29) is 5.41 Å². The molecule has 0 radical (unpaired) electrons. The molecule has 2 atom stereocenters. The van der Waals surface area contributed by atoms with Gasteiger partial charge in [0.1, 0.15) is 0 Å². The van der Waals surface area contributed by atoms with Crippen LogP contribution in [0.15, 0.2) is 12.5 Å². The zero-order valence-corrected chi connectivity index (χ0v) is 13.7. The first-order chi connectivity index (χ1) is 9.42. The predicted molar refractivity (Wildman–Crippen MR) is 84.1 cm³/mol. The number of nitrogens with one attached hydrogen (secondary N) is 1. The Labute approximate surface area is 123 Å². The SMILES string of the molecule is CC(C)CC(CN(C)C)n1cncc1C1(C)CCNC1. The minimum atomic E-state index is 0.234. The molecule has 2 rings (SSSR count). The van der Waals surface area contributed by atoms with Gasteiger partial charge in [-0.3, -0.25) is 0 Å². The summed E-state index contributed by atoms with van der Waals surface area (Å²) in [6.07, 6.45) is 6.52. The molecule has 1 aromatic heterocycles. The summed E-state index contributed by atoms with van der Waals surface area (Å²) in [5.74, 6) is 0.699. The van der Waals surface area contributed by atoms with Gasteiger partial charge in [-0.25, -0.2) is 4.98 Å². The highest BCUT2D eigenvalue weighted by Gasteiger charge is 2.34. The minimum Gasteiger partial charge on any atom is -0.330 e. The van der Waals surface area contributed by atoms with Crippen molar-refractivity contribution < 1.29 is 0 Å². The van der Waals surface area contributed by atoms with Crippen molar-refractivity contribution in [2.45, 2.75) is 45.1 Å². The summed E-state index contributed by atoms with van der Waals surface area (Å²) in [5, 5.41) is 3.50. The summed E-state index contributed by atoms with van der Waals surface area (Å²) in [6.45, 7) is 10.2. The van der Waals surface area contributed by atoms with Crippen LogP contribution in [0.4, 0.5) is 0 Å². The molecule has 1 aromatic rings. The van der Waals surface area contributed by atoms with Crippen LogP contribution in [-0.4, -0.2) is 48.2 Å². The van der Waals surface area contributed by atoms with Gasteiger partial charge in [0, 0.05) is 36.4 Å². The molecule has 0 aromatic carbocycles. The van der Waals surface area contributed by atoms with Crippen molar-refractivity contribution in [2.75, 3.05) is 33.7 Å². The van der Waals surface area contributed by atoms with Crippen LogP contribution >= 0.6 is 0 Å². The van der Waals surface area contributed by atoms with Crippen molar-refractivity contribution in [3.8, 4) is 0 Å². The van der Waals surface area contributed by atoms with Gasteiger partial charge in [-0.15, -0.1) is 0 Å². The highest BCUT2D eigenvalue weighted by Crippen LogP contribution is 2.32. The third-order valence-electron chi connectivity index (χ3n) is 4.37. The van der Waals surface area contributed by atoms with Gasteiger partial charge in [-0.2, -0.15) is 0 Å². The fourth-order valence-corrected chi connectivity index (χ4v) is 3.34. The first-order valence-corrected chi connectivity index (χ1v) is 7.80. The van der Waals surface area contributed by atoms with E-state index in [4.69, 9.17) is 0 Å². The van der Waals surface area contributed by atoms with E-state index >= 15 is 0 Å². The van der Waals surface area contributed by atoms with Crippen molar-refractivity contribution in [3.63, 3.8) is 0 Å². The second-order valence-electron chi connectivity index (χ2n) is 7.22. The lowest BCUT2D eigenvalue weighted by molar-refractivity contribution is 0.276. The fraction of sp³-hybridized carbons (Fsp3) is 0.812. The van der Waals surface area contributed by atoms with Crippen LogP contribution < -0.4 is 5.32 Å². The number of imidazole rings is 1. The predicted octanol–water partition coefficient (Wildman–Crippen LogP) is 2.28. The van der Waals surface area contributed by atoms with Crippen LogP contribution in [0.2, 0.25) is 0 Å². The molecule has 0 saturated carbocycles. The van der Waals surface area contributed by atoms with Crippen molar-refractivity contribution in [2.24, 2.45) is 5.92 Å². The van der Waals surface area contributed by atoms with Crippen LogP contribution in [0, 0.1) is 5.92 Å². The molecule has 4 heteroatoms. The Morgan fingerprint density at radius 2 is 2.20 bits per heavy atom. The number of hydrogen-bond acceptors (Lipinski definition) is 3. The molecule has 1 fully saturated rings. The molecule has 1 aliphatic heterocycles.